The Labute approximate surface area is 121 Å². The van der Waals surface area contributed by atoms with Crippen molar-refractivity contribution >= 4 is 11.6 Å². The maximum absolute atomic E-state index is 13.8. The molecule has 0 aliphatic carbocycles. The van der Waals surface area contributed by atoms with E-state index in [1.54, 1.807) is 12.1 Å². The van der Waals surface area contributed by atoms with Gasteiger partial charge >= 0.3 is 0 Å². The van der Waals surface area contributed by atoms with E-state index in [1.807, 2.05) is 12.1 Å². The number of aliphatic hydroxyl groups excluding tert-OH is 1. The number of rotatable bonds is 3. The lowest BCUT2D eigenvalue weighted by molar-refractivity contribution is 0.214. The van der Waals surface area contributed by atoms with E-state index in [2.05, 4.69) is 13.8 Å². The van der Waals surface area contributed by atoms with Crippen LogP contribution >= 0.6 is 11.6 Å². The summed E-state index contributed by atoms with van der Waals surface area (Å²) >= 11 is 5.50. The van der Waals surface area contributed by atoms with Crippen LogP contribution in [-0.2, 0) is 0 Å². The summed E-state index contributed by atoms with van der Waals surface area (Å²) < 4.78 is 27.2. The lowest BCUT2D eigenvalue weighted by Gasteiger charge is -2.14. The third-order valence-electron chi connectivity index (χ3n) is 3.25. The highest BCUT2D eigenvalue weighted by Gasteiger charge is 2.18. The van der Waals surface area contributed by atoms with E-state index in [9.17, 15) is 13.9 Å². The molecule has 1 atom stereocenters. The molecular formula is C16H15ClF2O. The Morgan fingerprint density at radius 2 is 1.50 bits per heavy atom. The lowest BCUT2D eigenvalue weighted by Crippen LogP contribution is -2.04. The smallest absolute Gasteiger partial charge is 0.142 e. The fraction of sp³-hybridized carbons (Fsp3) is 0.250. The zero-order valence-corrected chi connectivity index (χ0v) is 12.0. The molecule has 2 aromatic carbocycles. The molecule has 0 aromatic heterocycles. The molecule has 0 saturated carbocycles. The zero-order valence-electron chi connectivity index (χ0n) is 11.2. The van der Waals surface area contributed by atoms with Crippen LogP contribution < -0.4 is 0 Å². The van der Waals surface area contributed by atoms with E-state index in [0.29, 0.717) is 11.5 Å². The first-order valence-corrected chi connectivity index (χ1v) is 6.70. The number of hydrogen-bond donors (Lipinski definition) is 1. The van der Waals surface area contributed by atoms with Gasteiger partial charge in [-0.1, -0.05) is 49.7 Å². The molecule has 0 aliphatic heterocycles. The lowest BCUT2D eigenvalue weighted by atomic mass is 9.97. The highest BCUT2D eigenvalue weighted by molar-refractivity contribution is 6.30. The van der Waals surface area contributed by atoms with Gasteiger partial charge in [-0.25, -0.2) is 8.78 Å². The largest absolute Gasteiger partial charge is 0.384 e. The predicted octanol–water partition coefficient (Wildman–Crippen LogP) is 4.82. The van der Waals surface area contributed by atoms with Gasteiger partial charge in [-0.05, 0) is 29.2 Å². The molecule has 0 heterocycles. The molecule has 0 fully saturated rings. The number of benzene rings is 2. The molecule has 0 saturated heterocycles. The molecule has 2 aromatic rings. The molecule has 1 nitrogen and oxygen atoms in total. The van der Waals surface area contributed by atoms with Gasteiger partial charge in [0.15, 0.2) is 0 Å². The Hall–Kier alpha value is -1.45. The van der Waals surface area contributed by atoms with E-state index >= 15 is 0 Å². The first-order chi connectivity index (χ1) is 9.40. The van der Waals surface area contributed by atoms with Crippen molar-refractivity contribution in [3.8, 4) is 0 Å². The molecule has 0 amide bonds. The minimum atomic E-state index is -1.22. The molecule has 0 bridgehead atoms. The normalized spacial score (nSPS) is 12.8. The van der Waals surface area contributed by atoms with Crippen molar-refractivity contribution in [2.24, 2.45) is 0 Å². The Morgan fingerprint density at radius 3 is 2.05 bits per heavy atom. The summed E-state index contributed by atoms with van der Waals surface area (Å²) in [6.45, 7) is 4.11. The first-order valence-electron chi connectivity index (χ1n) is 6.32. The fourth-order valence-electron chi connectivity index (χ4n) is 1.99. The summed E-state index contributed by atoms with van der Waals surface area (Å²) in [6, 6.07) is 8.97. The van der Waals surface area contributed by atoms with Crippen LogP contribution in [0.5, 0.6) is 0 Å². The van der Waals surface area contributed by atoms with Crippen molar-refractivity contribution in [3.05, 3.63) is 69.7 Å². The maximum atomic E-state index is 13.8. The third kappa shape index (κ3) is 3.00. The van der Waals surface area contributed by atoms with Gasteiger partial charge in [-0.2, -0.15) is 0 Å². The van der Waals surface area contributed by atoms with Crippen LogP contribution in [0.25, 0.3) is 0 Å². The summed E-state index contributed by atoms with van der Waals surface area (Å²) in [5.41, 5.74) is 1.50. The van der Waals surface area contributed by atoms with Gasteiger partial charge in [-0.15, -0.1) is 0 Å². The molecule has 4 heteroatoms. The highest BCUT2D eigenvalue weighted by atomic mass is 35.5. The van der Waals surface area contributed by atoms with Crippen molar-refractivity contribution in [1.29, 1.82) is 0 Å². The van der Waals surface area contributed by atoms with Gasteiger partial charge in [0.1, 0.15) is 17.7 Å². The summed E-state index contributed by atoms with van der Waals surface area (Å²) in [4.78, 5) is 0. The minimum absolute atomic E-state index is 0.121. The zero-order chi connectivity index (χ0) is 14.9. The SMILES string of the molecule is CC(C)c1ccc(C(O)c2cc(F)c(Cl)cc2F)cc1. The topological polar surface area (TPSA) is 20.2 Å². The first kappa shape index (κ1) is 14.9. The van der Waals surface area contributed by atoms with Crippen molar-refractivity contribution in [2.45, 2.75) is 25.9 Å². The van der Waals surface area contributed by atoms with E-state index in [0.717, 1.165) is 17.7 Å². The van der Waals surface area contributed by atoms with Gasteiger partial charge in [0.2, 0.25) is 0 Å². The molecule has 0 spiro atoms. The highest BCUT2D eigenvalue weighted by Crippen LogP contribution is 2.29. The number of hydrogen-bond acceptors (Lipinski definition) is 1. The fourth-order valence-corrected chi connectivity index (χ4v) is 2.14. The van der Waals surface area contributed by atoms with Crippen LogP contribution in [0.3, 0.4) is 0 Å². The van der Waals surface area contributed by atoms with Crippen molar-refractivity contribution < 1.29 is 13.9 Å². The molecule has 106 valence electrons. The van der Waals surface area contributed by atoms with Gasteiger partial charge in [0.05, 0.1) is 5.02 Å². The van der Waals surface area contributed by atoms with E-state index < -0.39 is 17.7 Å². The molecular weight excluding hydrogens is 282 g/mol. The van der Waals surface area contributed by atoms with Crippen LogP contribution in [-0.4, -0.2) is 5.11 Å². The molecule has 1 unspecified atom stereocenters. The van der Waals surface area contributed by atoms with E-state index in [1.165, 1.54) is 0 Å². The van der Waals surface area contributed by atoms with Crippen molar-refractivity contribution in [1.82, 2.24) is 0 Å². The summed E-state index contributed by atoms with van der Waals surface area (Å²) in [5.74, 6) is -1.11. The van der Waals surface area contributed by atoms with Crippen LogP contribution in [0.2, 0.25) is 5.02 Å². The molecule has 20 heavy (non-hydrogen) atoms. The average molecular weight is 297 g/mol. The Morgan fingerprint density at radius 1 is 0.950 bits per heavy atom. The van der Waals surface area contributed by atoms with Crippen molar-refractivity contribution in [3.63, 3.8) is 0 Å². The second-order valence-corrected chi connectivity index (χ2v) is 5.42. The predicted molar refractivity (Wildman–Crippen MR) is 76.0 cm³/mol. The third-order valence-corrected chi connectivity index (χ3v) is 3.54. The van der Waals surface area contributed by atoms with Crippen LogP contribution in [0, 0.1) is 11.6 Å². The van der Waals surface area contributed by atoms with Gasteiger partial charge in [0.25, 0.3) is 0 Å². The number of halogens is 3. The minimum Gasteiger partial charge on any atom is -0.384 e. The Bertz CT molecular complexity index is 609. The Balaban J connectivity index is 2.36. The van der Waals surface area contributed by atoms with Crippen LogP contribution in [0.1, 0.15) is 42.6 Å². The second kappa shape index (κ2) is 5.90. The van der Waals surface area contributed by atoms with Gasteiger partial charge in [0, 0.05) is 5.56 Å². The maximum Gasteiger partial charge on any atom is 0.142 e. The average Bonchev–Trinajstić information content (AvgIpc) is 2.42. The Kier molecular flexibility index (Phi) is 4.41. The monoisotopic (exact) mass is 296 g/mol. The molecule has 2 rings (SSSR count). The number of aliphatic hydroxyl groups is 1. The van der Waals surface area contributed by atoms with Crippen LogP contribution in [0.15, 0.2) is 36.4 Å². The van der Waals surface area contributed by atoms with Gasteiger partial charge < -0.3 is 5.11 Å². The molecule has 0 aliphatic rings. The molecule has 0 radical (unpaired) electrons. The van der Waals surface area contributed by atoms with Crippen LogP contribution in [0.4, 0.5) is 8.78 Å². The standard InChI is InChI=1S/C16H15ClF2O/c1-9(2)10-3-5-11(6-4-10)16(20)12-7-15(19)13(17)8-14(12)18/h3-9,16,20H,1-2H3. The summed E-state index contributed by atoms with van der Waals surface area (Å²) in [7, 11) is 0. The van der Waals surface area contributed by atoms with Gasteiger partial charge in [-0.3, -0.25) is 0 Å². The van der Waals surface area contributed by atoms with E-state index in [-0.39, 0.29) is 10.6 Å². The van der Waals surface area contributed by atoms with E-state index in [4.69, 9.17) is 11.6 Å². The summed E-state index contributed by atoms with van der Waals surface area (Å²) in [5, 5.41) is 9.87. The quantitative estimate of drug-likeness (QED) is 0.805. The van der Waals surface area contributed by atoms with Crippen molar-refractivity contribution in [2.75, 3.05) is 0 Å². The molecule has 1 N–H and O–H groups in total. The second-order valence-electron chi connectivity index (χ2n) is 5.01. The summed E-state index contributed by atoms with van der Waals surface area (Å²) in [6.07, 6.45) is -1.22.